The fourth-order valence-corrected chi connectivity index (χ4v) is 4.98. The summed E-state index contributed by atoms with van der Waals surface area (Å²) in [6.07, 6.45) is -7.46. The van der Waals surface area contributed by atoms with Crippen molar-refractivity contribution in [3.8, 4) is 5.75 Å². The molecule has 0 radical (unpaired) electrons. The lowest BCUT2D eigenvalue weighted by atomic mass is 9.97. The second-order valence-electron chi connectivity index (χ2n) is 14.0. The number of nitrogens with one attached hydrogen (secondary N) is 3. The molecule has 1 saturated heterocycles. The molecule has 1 aromatic rings. The number of anilines is 1. The van der Waals surface area contributed by atoms with Crippen molar-refractivity contribution in [3.05, 3.63) is 35.9 Å². The number of hydroxylamine groups is 1. The van der Waals surface area contributed by atoms with E-state index in [1.165, 1.54) is 18.2 Å². The van der Waals surface area contributed by atoms with E-state index in [1.54, 1.807) is 20.8 Å². The Labute approximate surface area is 339 Å². The van der Waals surface area contributed by atoms with Crippen molar-refractivity contribution >= 4 is 47.2 Å². The van der Waals surface area contributed by atoms with Crippen LogP contribution >= 0.6 is 0 Å². The molecule has 22 heteroatoms. The predicted octanol–water partition coefficient (Wildman–Crippen LogP) is -1.71. The van der Waals surface area contributed by atoms with Crippen LogP contribution in [0.15, 0.2) is 30.4 Å². The Morgan fingerprint density at radius 2 is 1.41 bits per heavy atom. The van der Waals surface area contributed by atoms with Crippen LogP contribution < -0.4 is 20.9 Å². The van der Waals surface area contributed by atoms with E-state index in [-0.39, 0.29) is 103 Å². The van der Waals surface area contributed by atoms with Crippen molar-refractivity contribution in [1.29, 1.82) is 0 Å². The minimum atomic E-state index is -1.94. The first kappa shape index (κ1) is 48.3. The first-order valence-electron chi connectivity index (χ1n) is 18.6. The second-order valence-corrected chi connectivity index (χ2v) is 14.0. The highest BCUT2D eigenvalue weighted by atomic mass is 16.7. The number of aliphatic hydroxyl groups is 3. The van der Waals surface area contributed by atoms with Gasteiger partial charge in [0.1, 0.15) is 30.7 Å². The van der Waals surface area contributed by atoms with Gasteiger partial charge in [0.25, 0.3) is 11.8 Å². The summed E-state index contributed by atoms with van der Waals surface area (Å²) < 4.78 is 32.3. The molecule has 5 amide bonds. The number of aliphatic hydroxyl groups excluding tert-OH is 3. The quantitative estimate of drug-likeness (QED) is 0.0250. The number of carbonyl (C=O) groups excluding carboxylic acids is 6. The number of rotatable bonds is 25. The predicted molar refractivity (Wildman–Crippen MR) is 199 cm³/mol. The fraction of sp³-hybridized carbons (Fsp3) is 0.595. The van der Waals surface area contributed by atoms with E-state index in [2.05, 4.69) is 16.1 Å². The molecule has 59 heavy (non-hydrogen) atoms. The second kappa shape index (κ2) is 24.1. The van der Waals surface area contributed by atoms with E-state index < -0.39 is 71.7 Å². The smallest absolute Gasteiger partial charge is 0.335 e. The van der Waals surface area contributed by atoms with E-state index >= 15 is 0 Å². The van der Waals surface area contributed by atoms with Crippen molar-refractivity contribution < 1.29 is 87.2 Å². The van der Waals surface area contributed by atoms with Crippen molar-refractivity contribution in [2.45, 2.75) is 77.3 Å². The Hall–Kier alpha value is -5.07. The highest BCUT2D eigenvalue weighted by Crippen LogP contribution is 2.31. The van der Waals surface area contributed by atoms with Gasteiger partial charge < -0.3 is 59.5 Å². The molecular weight excluding hydrogens is 788 g/mol. The average molecular weight is 841 g/mol. The topological polar surface area (TPSA) is 304 Å². The van der Waals surface area contributed by atoms with Gasteiger partial charge in [0.2, 0.25) is 24.0 Å². The summed E-state index contributed by atoms with van der Waals surface area (Å²) in [5, 5.41) is 45.2. The third-order valence-electron chi connectivity index (χ3n) is 8.23. The van der Waals surface area contributed by atoms with Gasteiger partial charge in [-0.25, -0.2) is 10.3 Å². The number of amides is 5. The molecule has 5 atom stereocenters. The van der Waals surface area contributed by atoms with Crippen molar-refractivity contribution in [2.75, 3.05) is 64.7 Å². The monoisotopic (exact) mass is 840 g/mol. The highest BCUT2D eigenvalue weighted by molar-refractivity contribution is 6.13. The lowest BCUT2D eigenvalue weighted by Crippen LogP contribution is -2.61. The number of carboxylic acids is 1. The first-order chi connectivity index (χ1) is 28.0. The molecule has 1 fully saturated rings. The molecule has 328 valence electrons. The van der Waals surface area contributed by atoms with Crippen LogP contribution in [0.3, 0.4) is 0 Å². The number of imide groups is 1. The zero-order valence-corrected chi connectivity index (χ0v) is 32.9. The van der Waals surface area contributed by atoms with Crippen molar-refractivity contribution in [3.63, 3.8) is 0 Å². The lowest BCUT2D eigenvalue weighted by molar-refractivity contribution is -0.271. The van der Waals surface area contributed by atoms with Gasteiger partial charge in [0, 0.05) is 44.5 Å². The van der Waals surface area contributed by atoms with Gasteiger partial charge in [-0.1, -0.05) is 6.07 Å². The van der Waals surface area contributed by atoms with Gasteiger partial charge in [-0.2, -0.15) is 0 Å². The molecule has 2 aliphatic rings. The maximum atomic E-state index is 12.9. The van der Waals surface area contributed by atoms with Crippen LogP contribution in [-0.2, 0) is 68.7 Å². The normalized spacial score (nSPS) is 20.3. The summed E-state index contributed by atoms with van der Waals surface area (Å²) in [5.41, 5.74) is 1.85. The number of ether oxygens (including phenoxy) is 6. The summed E-state index contributed by atoms with van der Waals surface area (Å²) >= 11 is 0. The maximum Gasteiger partial charge on any atom is 0.335 e. The zero-order chi connectivity index (χ0) is 43.5. The number of hydrogen-bond acceptors (Lipinski definition) is 17. The molecule has 2 aliphatic heterocycles. The molecule has 22 nitrogen and oxygen atoms in total. The van der Waals surface area contributed by atoms with Crippen molar-refractivity contribution in [1.82, 2.24) is 15.7 Å². The van der Waals surface area contributed by atoms with Crippen molar-refractivity contribution in [2.24, 2.45) is 5.41 Å². The first-order valence-corrected chi connectivity index (χ1v) is 18.6. The van der Waals surface area contributed by atoms with Crippen LogP contribution in [0.1, 0.15) is 45.6 Å². The summed E-state index contributed by atoms with van der Waals surface area (Å²) in [6, 6.07) is 4.25. The van der Waals surface area contributed by atoms with Gasteiger partial charge in [-0.05, 0) is 38.5 Å². The summed E-state index contributed by atoms with van der Waals surface area (Å²) in [5.74, 6) is -4.62. The Balaban J connectivity index is 1.30. The maximum absolute atomic E-state index is 12.9. The molecule has 0 bridgehead atoms. The van der Waals surface area contributed by atoms with Crippen LogP contribution in [0, 0.1) is 5.41 Å². The van der Waals surface area contributed by atoms with Crippen LogP contribution in [0.25, 0.3) is 0 Å². The average Bonchev–Trinajstić information content (AvgIpc) is 3.50. The van der Waals surface area contributed by atoms with E-state index in [0.29, 0.717) is 5.56 Å². The molecule has 1 aromatic carbocycles. The zero-order valence-electron chi connectivity index (χ0n) is 32.9. The molecule has 7 N–H and O–H groups in total. The highest BCUT2D eigenvalue weighted by Gasteiger charge is 2.48. The molecule has 0 unspecified atom stereocenters. The molecule has 2 heterocycles. The van der Waals surface area contributed by atoms with Crippen LogP contribution in [0.4, 0.5) is 5.69 Å². The van der Waals surface area contributed by atoms with Crippen LogP contribution in [-0.4, -0.2) is 157 Å². The molecule has 0 aliphatic carbocycles. The van der Waals surface area contributed by atoms with E-state index in [9.17, 15) is 54.0 Å². The number of hydrogen-bond donors (Lipinski definition) is 7. The van der Waals surface area contributed by atoms with Gasteiger partial charge in [0.05, 0.1) is 57.4 Å². The molecule has 0 spiro atoms. The number of benzene rings is 1. The van der Waals surface area contributed by atoms with E-state index in [1.807, 2.05) is 0 Å². The number of esters is 1. The third kappa shape index (κ3) is 16.6. The fourth-order valence-electron chi connectivity index (χ4n) is 4.98. The number of nitrogens with zero attached hydrogens (tertiary/aromatic N) is 1. The molecule has 0 aromatic heterocycles. The minimum Gasteiger partial charge on any atom is -0.479 e. The Morgan fingerprint density at radius 3 is 2.03 bits per heavy atom. The van der Waals surface area contributed by atoms with Gasteiger partial charge in [-0.3, -0.25) is 38.5 Å². The largest absolute Gasteiger partial charge is 0.479 e. The molecule has 0 saturated carbocycles. The lowest BCUT2D eigenvalue weighted by Gasteiger charge is -2.38. The third-order valence-corrected chi connectivity index (χ3v) is 8.23. The summed E-state index contributed by atoms with van der Waals surface area (Å²) in [4.78, 5) is 89.6. The summed E-state index contributed by atoms with van der Waals surface area (Å²) in [7, 11) is 0. The van der Waals surface area contributed by atoms with E-state index in [0.717, 1.165) is 17.1 Å². The number of aliphatic carboxylic acids is 1. The van der Waals surface area contributed by atoms with Gasteiger partial charge in [0.15, 0.2) is 6.10 Å². The SMILES string of the molecule is CC(C)(C)C(=O)OCc1ccc(O[C@@H]2O[C@H](C(=O)O)[C@@H](O)[C@H](O)[C@H]2O)c(NC(=O)CCNC(=O)CCOCCOCCOCCONC(=O)CCN2C(=O)C=CC2=O)c1. The number of carboxylic acid groups (broad SMARTS) is 1. The molecule has 3 rings (SSSR count). The Kier molecular flexibility index (Phi) is 19.7. The number of carbonyl (C=O) groups is 7. The Morgan fingerprint density at radius 1 is 0.780 bits per heavy atom. The van der Waals surface area contributed by atoms with Crippen LogP contribution in [0.5, 0.6) is 5.75 Å². The van der Waals surface area contributed by atoms with Gasteiger partial charge >= 0.3 is 11.9 Å². The van der Waals surface area contributed by atoms with Crippen LogP contribution in [0.2, 0.25) is 0 Å². The Bertz CT molecular complexity index is 1630. The standard InChI is InChI=1S/C37H52N4O18/c1-37(2,3)36(52)56-21-22-4-5-24(58-35-32(49)30(47)31(48)33(59-35)34(50)51)23(20-22)39-26(43)8-11-38-25(42)10-13-53-14-15-54-16-17-55-18-19-57-40-27(44)9-12-41-28(45)6-7-29(41)46/h4-7,20,30-33,35,47-49H,8-19,21H2,1-3H3,(H,38,42)(H,39,43)(H,40,44)(H,50,51)/t30-,31-,32+,33-,35+/m0/s1. The van der Waals surface area contributed by atoms with E-state index in [4.69, 9.17) is 33.3 Å². The van der Waals surface area contributed by atoms with Gasteiger partial charge in [-0.15, -0.1) is 0 Å². The molecular formula is C37H52N4O18. The minimum absolute atomic E-state index is 0.00189. The summed E-state index contributed by atoms with van der Waals surface area (Å²) in [6.45, 7) is 5.98.